The molecule has 0 aromatic heterocycles. The first-order valence-electron chi connectivity index (χ1n) is 9.43. The number of amides is 2. The van der Waals surface area contributed by atoms with E-state index in [0.29, 0.717) is 16.8 Å². The number of benzene rings is 3. The Balaban J connectivity index is 1.67. The maximum Gasteiger partial charge on any atom is 0.265 e. The molecule has 3 aromatic rings. The van der Waals surface area contributed by atoms with Gasteiger partial charge in [-0.15, -0.1) is 0 Å². The third kappa shape index (κ3) is 2.21. The molecule has 0 unspecified atom stereocenters. The molecule has 2 aliphatic rings. The Morgan fingerprint density at radius 3 is 1.70 bits per heavy atom. The van der Waals surface area contributed by atoms with Gasteiger partial charge in [-0.05, 0) is 64.6 Å². The van der Waals surface area contributed by atoms with E-state index in [2.05, 4.69) is 20.8 Å². The van der Waals surface area contributed by atoms with E-state index in [0.717, 1.165) is 23.6 Å². The quantitative estimate of drug-likeness (QED) is 0.574. The minimum Gasteiger partial charge on any atom is -0.268 e. The normalized spacial score (nSPS) is 15.7. The largest absolute Gasteiger partial charge is 0.268 e. The molecule has 0 N–H and O–H groups in total. The molecule has 1 aliphatic heterocycles. The van der Waals surface area contributed by atoms with E-state index in [1.807, 2.05) is 48.5 Å². The summed E-state index contributed by atoms with van der Waals surface area (Å²) in [6.07, 6.45) is 1.96. The second-order valence-electron chi connectivity index (χ2n) is 8.54. The van der Waals surface area contributed by atoms with E-state index in [1.165, 1.54) is 21.6 Å². The number of hydrogen-bond acceptors (Lipinski definition) is 2. The maximum absolute atomic E-state index is 13.2. The van der Waals surface area contributed by atoms with E-state index in [1.54, 1.807) is 0 Å². The van der Waals surface area contributed by atoms with Crippen LogP contribution in [0.2, 0.25) is 0 Å². The minimum absolute atomic E-state index is 0.0225. The van der Waals surface area contributed by atoms with E-state index >= 15 is 0 Å². The average molecular weight is 355 g/mol. The molecule has 3 aromatic carbocycles. The van der Waals surface area contributed by atoms with Gasteiger partial charge in [0.25, 0.3) is 11.8 Å². The van der Waals surface area contributed by atoms with Gasteiger partial charge in [-0.1, -0.05) is 45.0 Å². The first-order valence-corrected chi connectivity index (χ1v) is 9.43. The Morgan fingerprint density at radius 2 is 1.22 bits per heavy atom. The van der Waals surface area contributed by atoms with Crippen molar-refractivity contribution in [2.75, 3.05) is 4.90 Å². The number of nitrogens with zero attached hydrogens (tertiary/aromatic N) is 1. The highest BCUT2D eigenvalue weighted by atomic mass is 16.2. The maximum atomic E-state index is 13.2. The summed E-state index contributed by atoms with van der Waals surface area (Å²) < 4.78 is 0. The summed E-state index contributed by atoms with van der Waals surface area (Å²) >= 11 is 0. The third-order valence-corrected chi connectivity index (χ3v) is 5.86. The highest BCUT2D eigenvalue weighted by Gasteiger charge is 2.35. The van der Waals surface area contributed by atoms with Crippen molar-refractivity contribution in [3.63, 3.8) is 0 Å². The highest BCUT2D eigenvalue weighted by Crippen LogP contribution is 2.39. The van der Waals surface area contributed by atoms with E-state index < -0.39 is 0 Å². The second kappa shape index (κ2) is 5.29. The van der Waals surface area contributed by atoms with Crippen LogP contribution >= 0.6 is 0 Å². The Labute approximate surface area is 158 Å². The average Bonchev–Trinajstić information content (AvgIpc) is 3.06. The van der Waals surface area contributed by atoms with Crippen LogP contribution < -0.4 is 4.90 Å². The Hall–Kier alpha value is -2.94. The zero-order valence-corrected chi connectivity index (χ0v) is 15.8. The van der Waals surface area contributed by atoms with Gasteiger partial charge < -0.3 is 0 Å². The Morgan fingerprint density at radius 1 is 0.704 bits per heavy atom. The molecule has 1 heterocycles. The topological polar surface area (TPSA) is 37.4 Å². The van der Waals surface area contributed by atoms with Gasteiger partial charge in [-0.3, -0.25) is 9.59 Å². The second-order valence-corrected chi connectivity index (χ2v) is 8.54. The number of carbonyl (C=O) groups excluding carboxylic acids is 2. The van der Waals surface area contributed by atoms with Gasteiger partial charge in [0, 0.05) is 16.5 Å². The molecule has 5 rings (SSSR count). The summed E-state index contributed by atoms with van der Waals surface area (Å²) in [6.45, 7) is 6.44. The molecule has 0 saturated carbocycles. The fourth-order valence-electron chi connectivity index (χ4n) is 4.36. The molecule has 1 aliphatic carbocycles. The van der Waals surface area contributed by atoms with Crippen molar-refractivity contribution < 1.29 is 9.59 Å². The highest BCUT2D eigenvalue weighted by molar-refractivity contribution is 6.36. The van der Waals surface area contributed by atoms with Crippen molar-refractivity contribution in [2.24, 2.45) is 0 Å². The summed E-state index contributed by atoms with van der Waals surface area (Å²) in [5.41, 5.74) is 5.57. The number of aryl methyl sites for hydroxylation is 2. The Bertz CT molecular complexity index is 1070. The first kappa shape index (κ1) is 16.2. The minimum atomic E-state index is -0.230. The van der Waals surface area contributed by atoms with Crippen LogP contribution in [0, 0.1) is 0 Å². The molecule has 0 atom stereocenters. The van der Waals surface area contributed by atoms with Gasteiger partial charge in [-0.2, -0.15) is 0 Å². The smallest absolute Gasteiger partial charge is 0.265 e. The lowest BCUT2D eigenvalue weighted by Gasteiger charge is -2.28. The van der Waals surface area contributed by atoms with Crippen molar-refractivity contribution in [1.29, 1.82) is 0 Å². The van der Waals surface area contributed by atoms with Gasteiger partial charge in [0.15, 0.2) is 0 Å². The third-order valence-electron chi connectivity index (χ3n) is 5.86. The molecule has 0 saturated heterocycles. The van der Waals surface area contributed by atoms with Gasteiger partial charge in [-0.25, -0.2) is 4.90 Å². The van der Waals surface area contributed by atoms with Crippen molar-refractivity contribution >= 4 is 28.3 Å². The van der Waals surface area contributed by atoms with Crippen LogP contribution in [0.4, 0.5) is 5.69 Å². The lowest BCUT2D eigenvalue weighted by Crippen LogP contribution is -2.40. The number of carbonyl (C=O) groups is 2. The lowest BCUT2D eigenvalue weighted by atomic mass is 9.87. The summed E-state index contributed by atoms with van der Waals surface area (Å²) in [4.78, 5) is 27.8. The fourth-order valence-corrected chi connectivity index (χ4v) is 4.36. The number of imide groups is 1. The summed E-state index contributed by atoms with van der Waals surface area (Å²) in [7, 11) is 0. The fraction of sp³-hybridized carbons (Fsp3) is 0.250. The summed E-state index contributed by atoms with van der Waals surface area (Å²) in [5, 5.41) is 1.97. The molecule has 27 heavy (non-hydrogen) atoms. The zero-order valence-electron chi connectivity index (χ0n) is 15.8. The van der Waals surface area contributed by atoms with Crippen LogP contribution in [0.1, 0.15) is 58.2 Å². The molecule has 134 valence electrons. The lowest BCUT2D eigenvalue weighted by molar-refractivity contribution is 0.0893. The van der Waals surface area contributed by atoms with Gasteiger partial charge in [0.05, 0.1) is 5.69 Å². The molecule has 0 fully saturated rings. The predicted molar refractivity (Wildman–Crippen MR) is 108 cm³/mol. The molecular formula is C24H21NO2. The van der Waals surface area contributed by atoms with Crippen molar-refractivity contribution in [3.05, 3.63) is 76.3 Å². The Kier molecular flexibility index (Phi) is 3.18. The SMILES string of the molecule is CC(C)(C)c1ccc(N2C(=O)c3ccc4c5c(ccc(c35)C2=O)CC4)cc1. The molecule has 0 spiro atoms. The van der Waals surface area contributed by atoms with Crippen molar-refractivity contribution in [3.8, 4) is 0 Å². The van der Waals surface area contributed by atoms with Crippen molar-refractivity contribution in [1.82, 2.24) is 0 Å². The van der Waals surface area contributed by atoms with Gasteiger partial charge >= 0.3 is 0 Å². The van der Waals surface area contributed by atoms with Crippen LogP contribution in [0.15, 0.2) is 48.5 Å². The number of anilines is 1. The summed E-state index contributed by atoms with van der Waals surface area (Å²) in [5.74, 6) is -0.460. The van der Waals surface area contributed by atoms with Crippen molar-refractivity contribution in [2.45, 2.75) is 39.0 Å². The van der Waals surface area contributed by atoms with Gasteiger partial charge in [0.2, 0.25) is 0 Å². The zero-order chi connectivity index (χ0) is 18.9. The number of rotatable bonds is 1. The molecule has 0 radical (unpaired) electrons. The van der Waals surface area contributed by atoms with Crippen LogP contribution in [-0.4, -0.2) is 11.8 Å². The van der Waals surface area contributed by atoms with Crippen LogP contribution in [0.25, 0.3) is 10.8 Å². The molecule has 3 nitrogen and oxygen atoms in total. The molecule has 2 amide bonds. The summed E-state index contributed by atoms with van der Waals surface area (Å²) in [6, 6.07) is 15.6. The first-order chi connectivity index (χ1) is 12.9. The predicted octanol–water partition coefficient (Wildman–Crippen LogP) is 5.04. The number of hydrogen-bond donors (Lipinski definition) is 0. The molecule has 0 bridgehead atoms. The van der Waals surface area contributed by atoms with E-state index in [9.17, 15) is 9.59 Å². The van der Waals surface area contributed by atoms with E-state index in [-0.39, 0.29) is 17.2 Å². The standard InChI is InChI=1S/C24H21NO2/c1-24(2,3)16-8-10-17(11-9-16)25-22(26)18-12-6-14-4-5-15-7-13-19(23(25)27)21(18)20(14)15/h6-13H,4-5H2,1-3H3. The van der Waals surface area contributed by atoms with Gasteiger partial charge in [0.1, 0.15) is 0 Å². The monoisotopic (exact) mass is 355 g/mol. The van der Waals surface area contributed by atoms with Crippen LogP contribution in [0.3, 0.4) is 0 Å². The van der Waals surface area contributed by atoms with Crippen LogP contribution in [0.5, 0.6) is 0 Å². The molecular weight excluding hydrogens is 334 g/mol. The van der Waals surface area contributed by atoms with E-state index in [4.69, 9.17) is 0 Å². The van der Waals surface area contributed by atoms with Crippen LogP contribution in [-0.2, 0) is 18.3 Å². The molecule has 3 heteroatoms.